The molecular weight excluding hydrogens is 174 g/mol. The second kappa shape index (κ2) is 2.60. The Labute approximate surface area is 74.2 Å². The molecule has 0 radical (unpaired) electrons. The highest BCUT2D eigenvalue weighted by molar-refractivity contribution is 6.30. The molecule has 0 fully saturated rings. The summed E-state index contributed by atoms with van der Waals surface area (Å²) >= 11 is 5.71. The maximum absolute atomic E-state index is 5.71. The van der Waals surface area contributed by atoms with Crippen LogP contribution in [-0.2, 0) is 0 Å². The molecular formula is C8H6ClN3. The standard InChI is InChI=1S/C8H6ClN3/c9-7-3-5-1-2-11-4-6(5)8(10)12-7/h1-4H,(H2,10,12). The van der Waals surface area contributed by atoms with Gasteiger partial charge in [-0.15, -0.1) is 0 Å². The number of aromatic nitrogens is 2. The largest absolute Gasteiger partial charge is 0.383 e. The van der Waals surface area contributed by atoms with E-state index in [9.17, 15) is 0 Å². The highest BCUT2D eigenvalue weighted by Crippen LogP contribution is 2.20. The van der Waals surface area contributed by atoms with Crippen molar-refractivity contribution >= 4 is 28.2 Å². The quantitative estimate of drug-likeness (QED) is 0.628. The van der Waals surface area contributed by atoms with Crippen LogP contribution >= 0.6 is 11.6 Å². The van der Waals surface area contributed by atoms with Crippen molar-refractivity contribution in [2.45, 2.75) is 0 Å². The lowest BCUT2D eigenvalue weighted by molar-refractivity contribution is 1.32. The molecule has 2 aromatic heterocycles. The molecule has 0 aliphatic heterocycles. The van der Waals surface area contributed by atoms with Gasteiger partial charge in [0.2, 0.25) is 0 Å². The molecule has 0 aliphatic carbocycles. The summed E-state index contributed by atoms with van der Waals surface area (Å²) in [5.74, 6) is 0.422. The Morgan fingerprint density at radius 3 is 3.08 bits per heavy atom. The predicted molar refractivity (Wildman–Crippen MR) is 49.0 cm³/mol. The van der Waals surface area contributed by atoms with Crippen molar-refractivity contribution in [1.82, 2.24) is 9.97 Å². The summed E-state index contributed by atoms with van der Waals surface area (Å²) in [6, 6.07) is 3.61. The van der Waals surface area contributed by atoms with Crippen LogP contribution in [0.15, 0.2) is 24.5 Å². The fraction of sp³-hybridized carbons (Fsp3) is 0. The zero-order valence-corrected chi connectivity index (χ0v) is 6.92. The van der Waals surface area contributed by atoms with Crippen LogP contribution < -0.4 is 5.73 Å². The van der Waals surface area contributed by atoms with Gasteiger partial charge in [-0.05, 0) is 17.5 Å². The predicted octanol–water partition coefficient (Wildman–Crippen LogP) is 1.87. The molecule has 0 spiro atoms. The Kier molecular flexibility index (Phi) is 1.59. The first kappa shape index (κ1) is 7.31. The Bertz CT molecular complexity index is 428. The van der Waals surface area contributed by atoms with Crippen LogP contribution in [0.25, 0.3) is 10.8 Å². The molecule has 12 heavy (non-hydrogen) atoms. The second-order valence-corrected chi connectivity index (χ2v) is 2.81. The number of hydrogen-bond acceptors (Lipinski definition) is 3. The van der Waals surface area contributed by atoms with E-state index in [1.165, 1.54) is 0 Å². The van der Waals surface area contributed by atoms with E-state index in [0.717, 1.165) is 10.8 Å². The molecule has 0 saturated heterocycles. The van der Waals surface area contributed by atoms with Crippen LogP contribution in [0.1, 0.15) is 0 Å². The van der Waals surface area contributed by atoms with E-state index in [1.807, 2.05) is 6.07 Å². The fourth-order valence-corrected chi connectivity index (χ4v) is 1.29. The molecule has 60 valence electrons. The van der Waals surface area contributed by atoms with E-state index < -0.39 is 0 Å². The van der Waals surface area contributed by atoms with Crippen molar-refractivity contribution in [3.63, 3.8) is 0 Å². The summed E-state index contributed by atoms with van der Waals surface area (Å²) < 4.78 is 0. The molecule has 0 unspecified atom stereocenters. The molecule has 4 heteroatoms. The smallest absolute Gasteiger partial charge is 0.134 e. The summed E-state index contributed by atoms with van der Waals surface area (Å²) in [5, 5.41) is 2.20. The number of anilines is 1. The summed E-state index contributed by atoms with van der Waals surface area (Å²) in [6.45, 7) is 0. The third-order valence-electron chi connectivity index (χ3n) is 1.63. The van der Waals surface area contributed by atoms with Crippen molar-refractivity contribution < 1.29 is 0 Å². The van der Waals surface area contributed by atoms with Gasteiger partial charge in [0.25, 0.3) is 0 Å². The van der Waals surface area contributed by atoms with E-state index in [4.69, 9.17) is 17.3 Å². The maximum atomic E-state index is 5.71. The number of hydrogen-bond donors (Lipinski definition) is 1. The van der Waals surface area contributed by atoms with Crippen LogP contribution in [0.2, 0.25) is 5.15 Å². The summed E-state index contributed by atoms with van der Waals surface area (Å²) in [6.07, 6.45) is 3.37. The summed E-state index contributed by atoms with van der Waals surface area (Å²) in [4.78, 5) is 7.85. The molecule has 0 saturated carbocycles. The van der Waals surface area contributed by atoms with Crippen molar-refractivity contribution in [2.24, 2.45) is 0 Å². The Morgan fingerprint density at radius 2 is 2.25 bits per heavy atom. The third kappa shape index (κ3) is 1.08. The number of nitrogens with two attached hydrogens (primary N) is 1. The molecule has 0 amide bonds. The lowest BCUT2D eigenvalue weighted by Crippen LogP contribution is -1.92. The van der Waals surface area contributed by atoms with Crippen LogP contribution in [0.4, 0.5) is 5.82 Å². The first-order valence-corrected chi connectivity index (χ1v) is 3.81. The Morgan fingerprint density at radius 1 is 1.42 bits per heavy atom. The average Bonchev–Trinajstić information content (AvgIpc) is 2.04. The van der Waals surface area contributed by atoms with Crippen LogP contribution in [-0.4, -0.2) is 9.97 Å². The van der Waals surface area contributed by atoms with Crippen molar-refractivity contribution in [1.29, 1.82) is 0 Å². The zero-order chi connectivity index (χ0) is 8.55. The number of nitrogens with zero attached hydrogens (tertiary/aromatic N) is 2. The van der Waals surface area contributed by atoms with Crippen molar-refractivity contribution in [3.05, 3.63) is 29.7 Å². The molecule has 3 nitrogen and oxygen atoms in total. The molecule has 0 bridgehead atoms. The normalized spacial score (nSPS) is 10.4. The molecule has 2 aromatic rings. The molecule has 2 rings (SSSR count). The average molecular weight is 180 g/mol. The van der Waals surface area contributed by atoms with Crippen LogP contribution in [0.5, 0.6) is 0 Å². The van der Waals surface area contributed by atoms with Gasteiger partial charge in [-0.25, -0.2) is 4.98 Å². The minimum atomic E-state index is 0.409. The molecule has 0 aliphatic rings. The first-order valence-electron chi connectivity index (χ1n) is 3.43. The van der Waals surface area contributed by atoms with Gasteiger partial charge in [0, 0.05) is 17.8 Å². The SMILES string of the molecule is Nc1nc(Cl)cc2ccncc12. The Hall–Kier alpha value is -1.35. The van der Waals surface area contributed by atoms with Gasteiger partial charge in [0.15, 0.2) is 0 Å². The molecule has 2 heterocycles. The molecule has 0 atom stereocenters. The minimum absolute atomic E-state index is 0.409. The van der Waals surface area contributed by atoms with Gasteiger partial charge < -0.3 is 5.73 Å². The number of pyridine rings is 2. The summed E-state index contributed by atoms with van der Waals surface area (Å²) in [7, 11) is 0. The van der Waals surface area contributed by atoms with E-state index >= 15 is 0 Å². The zero-order valence-electron chi connectivity index (χ0n) is 6.16. The summed E-state index contributed by atoms with van der Waals surface area (Å²) in [5.41, 5.74) is 5.62. The third-order valence-corrected chi connectivity index (χ3v) is 1.83. The Balaban J connectivity index is 2.89. The lowest BCUT2D eigenvalue weighted by Gasteiger charge is -1.99. The van der Waals surface area contributed by atoms with Crippen molar-refractivity contribution in [3.8, 4) is 0 Å². The highest BCUT2D eigenvalue weighted by Gasteiger charge is 2.00. The van der Waals surface area contributed by atoms with Crippen molar-refractivity contribution in [2.75, 3.05) is 5.73 Å². The second-order valence-electron chi connectivity index (χ2n) is 2.43. The van der Waals surface area contributed by atoms with Gasteiger partial charge in [-0.3, -0.25) is 4.98 Å². The van der Waals surface area contributed by atoms with Gasteiger partial charge in [0.05, 0.1) is 0 Å². The number of rotatable bonds is 0. The van der Waals surface area contributed by atoms with E-state index in [2.05, 4.69) is 9.97 Å². The van der Waals surface area contributed by atoms with Gasteiger partial charge in [-0.1, -0.05) is 11.6 Å². The monoisotopic (exact) mass is 179 g/mol. The minimum Gasteiger partial charge on any atom is -0.383 e. The van der Waals surface area contributed by atoms with E-state index in [0.29, 0.717) is 11.0 Å². The van der Waals surface area contributed by atoms with Crippen LogP contribution in [0, 0.1) is 0 Å². The highest BCUT2D eigenvalue weighted by atomic mass is 35.5. The van der Waals surface area contributed by atoms with E-state index in [-0.39, 0.29) is 0 Å². The van der Waals surface area contributed by atoms with Gasteiger partial charge in [-0.2, -0.15) is 0 Å². The fourth-order valence-electron chi connectivity index (χ4n) is 1.08. The lowest BCUT2D eigenvalue weighted by atomic mass is 10.2. The maximum Gasteiger partial charge on any atom is 0.134 e. The first-order chi connectivity index (χ1) is 5.77. The van der Waals surface area contributed by atoms with Gasteiger partial charge >= 0.3 is 0 Å². The number of nitrogen functional groups attached to an aromatic ring is 1. The number of fused-ring (bicyclic) bond motifs is 1. The molecule has 2 N–H and O–H groups in total. The van der Waals surface area contributed by atoms with E-state index in [1.54, 1.807) is 18.5 Å². The topological polar surface area (TPSA) is 51.8 Å². The molecule has 0 aromatic carbocycles. The van der Waals surface area contributed by atoms with Gasteiger partial charge in [0.1, 0.15) is 11.0 Å². The van der Waals surface area contributed by atoms with Crippen LogP contribution in [0.3, 0.4) is 0 Å². The number of halogens is 1.